The molecule has 228 valence electrons. The average molecular weight is 593 g/mol. The average Bonchev–Trinajstić information content (AvgIpc) is 3.67. The van der Waals surface area contributed by atoms with Gasteiger partial charge >= 0.3 is 12.1 Å². The van der Waals surface area contributed by atoms with Crippen molar-refractivity contribution in [2.24, 2.45) is 17.3 Å². The molecule has 1 spiro atoms. The fourth-order valence-electron chi connectivity index (χ4n) is 5.28. The zero-order valence-corrected chi connectivity index (χ0v) is 24.1. The van der Waals surface area contributed by atoms with Gasteiger partial charge in [-0.2, -0.15) is 18.4 Å². The van der Waals surface area contributed by atoms with Crippen molar-refractivity contribution in [3.8, 4) is 11.8 Å². The minimum absolute atomic E-state index is 0.0988. The summed E-state index contributed by atoms with van der Waals surface area (Å²) in [5.74, 6) is -4.46. The van der Waals surface area contributed by atoms with Gasteiger partial charge in [-0.15, -0.1) is 0 Å². The number of pyridine rings is 1. The van der Waals surface area contributed by atoms with E-state index in [1.54, 1.807) is 39.8 Å². The summed E-state index contributed by atoms with van der Waals surface area (Å²) in [5, 5.41) is 14.5. The van der Waals surface area contributed by atoms with E-state index in [1.165, 1.54) is 18.1 Å². The van der Waals surface area contributed by atoms with E-state index in [-0.39, 0.29) is 36.9 Å². The van der Waals surface area contributed by atoms with E-state index in [4.69, 9.17) is 4.74 Å². The van der Waals surface area contributed by atoms with Gasteiger partial charge in [-0.1, -0.05) is 40.5 Å². The molecule has 4 amide bonds. The summed E-state index contributed by atoms with van der Waals surface area (Å²) in [5.41, 5.74) is -2.25. The van der Waals surface area contributed by atoms with Crippen LogP contribution >= 0.6 is 0 Å². The standard InChI is InChI=1S/C28H35F3N6O5/c1-15(26(2,3)4)20(34-25(41)28(29,30)31)23(39)36(5)18(11-16-8-9-16)22(38)37-14-27(12-17(37)13-32)24(40)35-21-19(42-27)7-6-10-33-21/h6-7,10,15-18,20H,8-9,11-12,14H2,1-5H3,(H,34,41)(H,33,35,40)/t15?,17-,18-,20-,27+/m0/s1. The summed E-state index contributed by atoms with van der Waals surface area (Å²) in [6.07, 6.45) is -2.04. The first-order valence-corrected chi connectivity index (χ1v) is 13.8. The summed E-state index contributed by atoms with van der Waals surface area (Å²) in [7, 11) is 1.31. The van der Waals surface area contributed by atoms with Gasteiger partial charge < -0.3 is 25.2 Å². The second kappa shape index (κ2) is 11.1. The van der Waals surface area contributed by atoms with Crippen molar-refractivity contribution in [2.75, 3.05) is 18.9 Å². The first-order valence-electron chi connectivity index (χ1n) is 13.8. The minimum Gasteiger partial charge on any atom is -0.472 e. The molecule has 42 heavy (non-hydrogen) atoms. The zero-order chi connectivity index (χ0) is 31.2. The monoisotopic (exact) mass is 592 g/mol. The number of carbonyl (C=O) groups is 4. The number of hydrogen-bond acceptors (Lipinski definition) is 7. The Balaban J connectivity index is 1.62. The maximum absolute atomic E-state index is 14.1. The number of nitrogens with zero attached hydrogens (tertiary/aromatic N) is 4. The molecule has 1 unspecified atom stereocenters. The number of carbonyl (C=O) groups excluding carboxylic acids is 4. The molecule has 0 aromatic carbocycles. The third-order valence-electron chi connectivity index (χ3n) is 8.51. The summed E-state index contributed by atoms with van der Waals surface area (Å²) in [6.45, 7) is 6.48. The molecule has 14 heteroatoms. The minimum atomic E-state index is -5.21. The molecule has 5 atom stereocenters. The lowest BCUT2D eigenvalue weighted by Gasteiger charge is -2.39. The molecular formula is C28H35F3N6O5. The number of fused-ring (bicyclic) bond motifs is 1. The maximum atomic E-state index is 14.1. The van der Waals surface area contributed by atoms with E-state index in [0.717, 1.165) is 17.7 Å². The van der Waals surface area contributed by atoms with Crippen molar-refractivity contribution in [1.82, 2.24) is 20.1 Å². The van der Waals surface area contributed by atoms with Crippen LogP contribution in [0.3, 0.4) is 0 Å². The van der Waals surface area contributed by atoms with E-state index in [9.17, 15) is 37.6 Å². The van der Waals surface area contributed by atoms with Gasteiger partial charge in [0.2, 0.25) is 17.4 Å². The molecular weight excluding hydrogens is 557 g/mol. The van der Waals surface area contributed by atoms with Crippen molar-refractivity contribution in [1.29, 1.82) is 5.26 Å². The number of alkyl halides is 3. The third-order valence-corrected chi connectivity index (χ3v) is 8.51. The molecule has 4 rings (SSSR count). The van der Waals surface area contributed by atoms with Gasteiger partial charge in [0.05, 0.1) is 12.6 Å². The summed E-state index contributed by atoms with van der Waals surface area (Å²) < 4.78 is 45.6. The van der Waals surface area contributed by atoms with Crippen LogP contribution in [-0.4, -0.2) is 81.9 Å². The van der Waals surface area contributed by atoms with Crippen LogP contribution in [0.15, 0.2) is 18.3 Å². The second-order valence-electron chi connectivity index (χ2n) is 12.5. The van der Waals surface area contributed by atoms with Crippen molar-refractivity contribution in [3.63, 3.8) is 0 Å². The second-order valence-corrected chi connectivity index (χ2v) is 12.5. The van der Waals surface area contributed by atoms with Crippen molar-refractivity contribution in [3.05, 3.63) is 18.3 Å². The highest BCUT2D eigenvalue weighted by atomic mass is 19.4. The number of ether oxygens (including phenoxy) is 1. The lowest BCUT2D eigenvalue weighted by Crippen LogP contribution is -2.60. The van der Waals surface area contributed by atoms with Crippen LogP contribution in [0.25, 0.3) is 0 Å². The molecule has 1 saturated carbocycles. The third kappa shape index (κ3) is 6.15. The van der Waals surface area contributed by atoms with E-state index in [0.29, 0.717) is 0 Å². The summed E-state index contributed by atoms with van der Waals surface area (Å²) in [6, 6.07) is 1.47. The predicted octanol–water partition coefficient (Wildman–Crippen LogP) is 2.63. The van der Waals surface area contributed by atoms with Gasteiger partial charge in [0.1, 0.15) is 18.1 Å². The van der Waals surface area contributed by atoms with Gasteiger partial charge in [0.25, 0.3) is 5.91 Å². The SMILES string of the molecule is CC([C@H](NC(=O)C(F)(F)F)C(=O)N(C)[C@@H](CC1CC1)C(=O)N1C[C@@]2(C[C@H]1C#N)Oc1cccnc1NC2=O)C(C)(C)C. The molecule has 0 bridgehead atoms. The number of likely N-dealkylation sites (tertiary alicyclic amines) is 1. The van der Waals surface area contributed by atoms with Crippen LogP contribution in [0.2, 0.25) is 0 Å². The molecule has 2 aliphatic heterocycles. The fourth-order valence-corrected chi connectivity index (χ4v) is 5.28. The number of amides is 4. The number of rotatable bonds is 7. The normalized spacial score (nSPS) is 24.0. The molecule has 1 saturated heterocycles. The first-order chi connectivity index (χ1) is 19.5. The van der Waals surface area contributed by atoms with Crippen LogP contribution in [0.1, 0.15) is 53.4 Å². The number of halogens is 3. The Labute approximate surface area is 241 Å². The van der Waals surface area contributed by atoms with E-state index in [1.807, 2.05) is 5.32 Å². The number of hydrogen-bond donors (Lipinski definition) is 2. The maximum Gasteiger partial charge on any atom is 0.471 e. The highest BCUT2D eigenvalue weighted by molar-refractivity contribution is 6.01. The number of anilines is 1. The van der Waals surface area contributed by atoms with Gasteiger partial charge in [0, 0.05) is 19.7 Å². The molecule has 2 N–H and O–H groups in total. The van der Waals surface area contributed by atoms with Gasteiger partial charge in [-0.3, -0.25) is 19.2 Å². The Morgan fingerprint density at radius 2 is 1.98 bits per heavy atom. The topological polar surface area (TPSA) is 145 Å². The smallest absolute Gasteiger partial charge is 0.471 e. The lowest BCUT2D eigenvalue weighted by molar-refractivity contribution is -0.176. The highest BCUT2D eigenvalue weighted by Crippen LogP contribution is 2.41. The van der Waals surface area contributed by atoms with Gasteiger partial charge in [0.15, 0.2) is 11.6 Å². The quantitative estimate of drug-likeness (QED) is 0.495. The molecule has 1 aromatic heterocycles. The van der Waals surface area contributed by atoms with Crippen molar-refractivity contribution < 1.29 is 37.1 Å². The first kappa shape index (κ1) is 31.1. The molecule has 1 aromatic rings. The van der Waals surface area contributed by atoms with E-state index in [2.05, 4.69) is 16.4 Å². The Kier molecular flexibility index (Phi) is 8.19. The molecule has 11 nitrogen and oxygen atoms in total. The largest absolute Gasteiger partial charge is 0.472 e. The Hall–Kier alpha value is -3.89. The molecule has 3 aliphatic rings. The summed E-state index contributed by atoms with van der Waals surface area (Å²) >= 11 is 0. The number of nitrogens with one attached hydrogen (secondary N) is 2. The van der Waals surface area contributed by atoms with E-state index < -0.39 is 64.9 Å². The zero-order valence-electron chi connectivity index (χ0n) is 24.1. The van der Waals surface area contributed by atoms with Crippen molar-refractivity contribution >= 4 is 29.4 Å². The van der Waals surface area contributed by atoms with Crippen LogP contribution in [0, 0.1) is 28.6 Å². The fraction of sp³-hybridized carbons (Fsp3) is 0.643. The molecule has 1 aliphatic carbocycles. The van der Waals surface area contributed by atoms with Crippen LogP contribution < -0.4 is 15.4 Å². The van der Waals surface area contributed by atoms with Crippen molar-refractivity contribution in [2.45, 2.75) is 83.3 Å². The lowest BCUT2D eigenvalue weighted by atomic mass is 9.77. The Morgan fingerprint density at radius 3 is 2.55 bits per heavy atom. The van der Waals surface area contributed by atoms with Gasteiger partial charge in [-0.05, 0) is 35.8 Å². The molecule has 0 radical (unpaired) electrons. The van der Waals surface area contributed by atoms with Crippen LogP contribution in [0.5, 0.6) is 5.75 Å². The number of nitriles is 1. The van der Waals surface area contributed by atoms with E-state index >= 15 is 0 Å². The molecule has 2 fully saturated rings. The highest BCUT2D eigenvalue weighted by Gasteiger charge is 2.57. The number of likely N-dealkylation sites (N-methyl/N-ethyl adjacent to an activating group) is 1. The van der Waals surface area contributed by atoms with Gasteiger partial charge in [-0.25, -0.2) is 4.98 Å². The van der Waals surface area contributed by atoms with Crippen LogP contribution in [-0.2, 0) is 19.2 Å². The number of aromatic nitrogens is 1. The molecule has 3 heterocycles. The Morgan fingerprint density at radius 1 is 1.31 bits per heavy atom. The summed E-state index contributed by atoms with van der Waals surface area (Å²) in [4.78, 5) is 59.3. The van der Waals surface area contributed by atoms with Crippen LogP contribution in [0.4, 0.5) is 19.0 Å². The predicted molar refractivity (Wildman–Crippen MR) is 142 cm³/mol. The Bertz CT molecular complexity index is 1300.